The molecular weight excluding hydrogens is 520 g/mol. The van der Waals surface area contributed by atoms with E-state index in [0.29, 0.717) is 30.4 Å². The Morgan fingerprint density at radius 3 is 2.29 bits per heavy atom. The number of carbonyl (C=O) groups is 2. The van der Waals surface area contributed by atoms with Gasteiger partial charge in [0.1, 0.15) is 0 Å². The molecule has 0 unspecified atom stereocenters. The molecule has 1 aliphatic carbocycles. The molecule has 5 rings (SSSR count). The first-order chi connectivity index (χ1) is 20.5. The number of benzene rings is 3. The Morgan fingerprint density at radius 2 is 1.55 bits per heavy atom. The third-order valence-electron chi connectivity index (χ3n) is 8.73. The van der Waals surface area contributed by atoms with Crippen molar-refractivity contribution in [1.82, 2.24) is 10.3 Å². The van der Waals surface area contributed by atoms with E-state index >= 15 is 0 Å². The summed E-state index contributed by atoms with van der Waals surface area (Å²) in [6.45, 7) is 2.62. The molecule has 0 spiro atoms. The predicted molar refractivity (Wildman–Crippen MR) is 170 cm³/mol. The lowest BCUT2D eigenvalue weighted by molar-refractivity contribution is -0.138. The number of aromatic nitrogens is 1. The SMILES string of the molecule is Cc1cc(C(=O)NCCCCCCc2ccccc2)c2ccc(-c3ccc(C4CCC(CC(=O)O)CC4)cc3)cc2n1. The van der Waals surface area contributed by atoms with Gasteiger partial charge >= 0.3 is 5.97 Å². The van der Waals surface area contributed by atoms with Gasteiger partial charge in [-0.25, -0.2) is 0 Å². The van der Waals surface area contributed by atoms with Gasteiger partial charge in [-0.2, -0.15) is 0 Å². The molecule has 0 bridgehead atoms. The van der Waals surface area contributed by atoms with Gasteiger partial charge in [0.05, 0.1) is 11.1 Å². The summed E-state index contributed by atoms with van der Waals surface area (Å²) in [6, 6.07) is 27.4. The van der Waals surface area contributed by atoms with Crippen LogP contribution in [0.5, 0.6) is 0 Å². The van der Waals surface area contributed by atoms with Gasteiger partial charge in [-0.05, 0) is 98.1 Å². The molecule has 0 radical (unpaired) electrons. The number of carboxylic acids is 1. The van der Waals surface area contributed by atoms with Crippen LogP contribution in [0.2, 0.25) is 0 Å². The summed E-state index contributed by atoms with van der Waals surface area (Å²) in [5, 5.41) is 13.1. The highest BCUT2D eigenvalue weighted by Gasteiger charge is 2.24. The normalized spacial score (nSPS) is 16.8. The van der Waals surface area contributed by atoms with Gasteiger partial charge in [0.2, 0.25) is 0 Å². The Balaban J connectivity index is 1.16. The number of hydrogen-bond acceptors (Lipinski definition) is 3. The van der Waals surface area contributed by atoms with Gasteiger partial charge in [-0.15, -0.1) is 0 Å². The van der Waals surface area contributed by atoms with Crippen LogP contribution in [0.3, 0.4) is 0 Å². The fraction of sp³-hybridized carbons (Fsp3) is 0.378. The highest BCUT2D eigenvalue weighted by molar-refractivity contribution is 6.06. The molecule has 218 valence electrons. The fourth-order valence-corrected chi connectivity index (χ4v) is 6.37. The summed E-state index contributed by atoms with van der Waals surface area (Å²) in [7, 11) is 0. The van der Waals surface area contributed by atoms with Crippen molar-refractivity contribution < 1.29 is 14.7 Å². The van der Waals surface area contributed by atoms with Crippen LogP contribution >= 0.6 is 0 Å². The number of fused-ring (bicyclic) bond motifs is 1. The largest absolute Gasteiger partial charge is 0.481 e. The third-order valence-corrected chi connectivity index (χ3v) is 8.73. The maximum Gasteiger partial charge on any atom is 0.303 e. The number of aliphatic carboxylic acids is 1. The van der Waals surface area contributed by atoms with E-state index < -0.39 is 5.97 Å². The Kier molecular flexibility index (Phi) is 10.0. The molecule has 1 saturated carbocycles. The Bertz CT molecular complexity index is 1490. The van der Waals surface area contributed by atoms with Crippen molar-refractivity contribution in [3.05, 3.63) is 101 Å². The summed E-state index contributed by atoms with van der Waals surface area (Å²) in [6.07, 6.45) is 9.90. The first kappa shape index (κ1) is 29.5. The van der Waals surface area contributed by atoms with Gasteiger partial charge in [0.25, 0.3) is 5.91 Å². The molecule has 1 fully saturated rings. The molecule has 5 heteroatoms. The van der Waals surface area contributed by atoms with Crippen LogP contribution in [0.15, 0.2) is 78.9 Å². The predicted octanol–water partition coefficient (Wildman–Crippen LogP) is 8.49. The van der Waals surface area contributed by atoms with E-state index in [4.69, 9.17) is 10.1 Å². The average molecular weight is 563 g/mol. The standard InChI is InChI=1S/C37H42N2O3/c1-26-23-34(37(42)38-22-8-3-2-5-9-27-10-6-4-7-11-27)33-21-20-32(25-35(33)39-26)31-18-16-30(17-19-31)29-14-12-28(13-15-29)24-36(40)41/h4,6-7,10-11,16-21,23,25,28-29H,2-3,5,8-9,12-15,22,24H2,1H3,(H,38,42)(H,40,41). The number of nitrogens with one attached hydrogen (secondary N) is 1. The molecule has 0 atom stereocenters. The van der Waals surface area contributed by atoms with Crippen molar-refractivity contribution in [3.8, 4) is 11.1 Å². The number of hydrogen-bond donors (Lipinski definition) is 2. The van der Waals surface area contributed by atoms with Crippen LogP contribution in [-0.4, -0.2) is 28.5 Å². The van der Waals surface area contributed by atoms with E-state index in [-0.39, 0.29) is 5.91 Å². The Labute approximate surface area is 249 Å². The molecule has 0 saturated heterocycles. The van der Waals surface area contributed by atoms with Crippen molar-refractivity contribution in [1.29, 1.82) is 0 Å². The lowest BCUT2D eigenvalue weighted by Gasteiger charge is -2.28. The zero-order valence-electron chi connectivity index (χ0n) is 24.6. The van der Waals surface area contributed by atoms with E-state index in [0.717, 1.165) is 72.7 Å². The van der Waals surface area contributed by atoms with Gasteiger partial charge in [-0.1, -0.05) is 79.6 Å². The van der Waals surface area contributed by atoms with Crippen molar-refractivity contribution in [2.45, 2.75) is 77.0 Å². The first-order valence-electron chi connectivity index (χ1n) is 15.5. The number of unbranched alkanes of at least 4 members (excludes halogenated alkanes) is 3. The number of rotatable bonds is 12. The quantitative estimate of drug-likeness (QED) is 0.170. The third kappa shape index (κ3) is 7.84. The molecule has 1 aromatic heterocycles. The van der Waals surface area contributed by atoms with E-state index in [1.54, 1.807) is 0 Å². The molecule has 4 aromatic rings. The van der Waals surface area contributed by atoms with Gasteiger partial charge in [0.15, 0.2) is 0 Å². The number of amides is 1. The topological polar surface area (TPSA) is 79.3 Å². The van der Waals surface area contributed by atoms with Crippen molar-refractivity contribution in [2.24, 2.45) is 5.92 Å². The number of aryl methyl sites for hydroxylation is 2. The highest BCUT2D eigenvalue weighted by Crippen LogP contribution is 2.38. The summed E-state index contributed by atoms with van der Waals surface area (Å²) in [5.74, 6) is 0.0930. The van der Waals surface area contributed by atoms with Crippen molar-refractivity contribution in [3.63, 3.8) is 0 Å². The first-order valence-corrected chi connectivity index (χ1v) is 15.5. The second-order valence-corrected chi connectivity index (χ2v) is 11.9. The van der Waals surface area contributed by atoms with Crippen molar-refractivity contribution >= 4 is 22.8 Å². The number of carbonyl (C=O) groups excluding carboxylic acids is 1. The van der Waals surface area contributed by atoms with Crippen molar-refractivity contribution in [2.75, 3.05) is 6.54 Å². The van der Waals surface area contributed by atoms with Crippen LogP contribution in [0, 0.1) is 12.8 Å². The molecule has 1 aliphatic rings. The van der Waals surface area contributed by atoms with E-state index in [1.165, 1.54) is 24.0 Å². The maximum atomic E-state index is 13.1. The van der Waals surface area contributed by atoms with Gasteiger partial charge in [-0.3, -0.25) is 14.6 Å². The summed E-state index contributed by atoms with van der Waals surface area (Å²) < 4.78 is 0. The molecule has 5 nitrogen and oxygen atoms in total. The van der Waals surface area contributed by atoms with Crippen LogP contribution in [0.1, 0.15) is 90.9 Å². The monoisotopic (exact) mass is 562 g/mol. The van der Waals surface area contributed by atoms with Crippen LogP contribution in [-0.2, 0) is 11.2 Å². The fourth-order valence-electron chi connectivity index (χ4n) is 6.37. The minimum Gasteiger partial charge on any atom is -0.481 e. The van der Waals surface area contributed by atoms with E-state index in [9.17, 15) is 9.59 Å². The summed E-state index contributed by atoms with van der Waals surface area (Å²) >= 11 is 0. The van der Waals surface area contributed by atoms with Gasteiger partial charge in [0, 0.05) is 24.0 Å². The van der Waals surface area contributed by atoms with E-state index in [2.05, 4.69) is 72.0 Å². The number of carboxylic acid groups (broad SMARTS) is 1. The Hall–Kier alpha value is -3.99. The second-order valence-electron chi connectivity index (χ2n) is 11.9. The smallest absolute Gasteiger partial charge is 0.303 e. The highest BCUT2D eigenvalue weighted by atomic mass is 16.4. The lowest BCUT2D eigenvalue weighted by Crippen LogP contribution is -2.25. The number of pyridine rings is 1. The molecule has 42 heavy (non-hydrogen) atoms. The molecule has 1 amide bonds. The minimum absolute atomic E-state index is 0.0371. The van der Waals surface area contributed by atoms with Crippen LogP contribution in [0.25, 0.3) is 22.0 Å². The van der Waals surface area contributed by atoms with Crippen LogP contribution in [0.4, 0.5) is 0 Å². The van der Waals surface area contributed by atoms with E-state index in [1.807, 2.05) is 19.1 Å². The zero-order valence-corrected chi connectivity index (χ0v) is 24.6. The molecular formula is C37H42N2O3. The second kappa shape index (κ2) is 14.3. The lowest BCUT2D eigenvalue weighted by atomic mass is 9.77. The maximum absolute atomic E-state index is 13.1. The average Bonchev–Trinajstić information content (AvgIpc) is 3.00. The molecule has 0 aliphatic heterocycles. The summed E-state index contributed by atoms with van der Waals surface area (Å²) in [5.41, 5.74) is 7.28. The van der Waals surface area contributed by atoms with Gasteiger partial charge < -0.3 is 10.4 Å². The zero-order chi connectivity index (χ0) is 29.3. The van der Waals surface area contributed by atoms with Crippen LogP contribution < -0.4 is 5.32 Å². The Morgan fingerprint density at radius 1 is 0.833 bits per heavy atom. The number of nitrogens with zero attached hydrogens (tertiary/aromatic N) is 1. The minimum atomic E-state index is -0.684. The molecule has 1 heterocycles. The molecule has 3 aromatic carbocycles. The molecule has 2 N–H and O–H groups in total. The summed E-state index contributed by atoms with van der Waals surface area (Å²) in [4.78, 5) is 28.9.